The van der Waals surface area contributed by atoms with Gasteiger partial charge in [-0.2, -0.15) is 0 Å². The molecule has 0 fully saturated rings. The van der Waals surface area contributed by atoms with Crippen LogP contribution in [0, 0.1) is 0 Å². The zero-order valence-electron chi connectivity index (χ0n) is 8.12. The molecule has 1 unspecified atom stereocenters. The number of ether oxygens (including phenoxy) is 1. The van der Waals surface area contributed by atoms with Gasteiger partial charge in [0.25, 0.3) is 0 Å². The van der Waals surface area contributed by atoms with Crippen LogP contribution in [0.15, 0.2) is 12.7 Å². The fourth-order valence-corrected chi connectivity index (χ4v) is 1.93. The Morgan fingerprint density at radius 1 is 1.62 bits per heavy atom. The number of hydrogen-bond donors (Lipinski definition) is 0. The van der Waals surface area contributed by atoms with Crippen LogP contribution in [0.3, 0.4) is 0 Å². The zero-order valence-corrected chi connectivity index (χ0v) is 9.27. The Morgan fingerprint density at radius 2 is 2.31 bits per heavy atom. The molecule has 13 heavy (non-hydrogen) atoms. The van der Waals surface area contributed by atoms with E-state index in [1.165, 1.54) is 6.08 Å². The minimum atomic E-state index is -1.82. The van der Waals surface area contributed by atoms with Gasteiger partial charge in [-0.25, -0.2) is 0 Å². The first-order valence-corrected chi connectivity index (χ1v) is 5.91. The van der Waals surface area contributed by atoms with Gasteiger partial charge in [0.05, 0.1) is 6.04 Å². The first kappa shape index (κ1) is 12.3. The van der Waals surface area contributed by atoms with E-state index in [4.69, 9.17) is 13.6 Å². The van der Waals surface area contributed by atoms with E-state index in [9.17, 15) is 4.79 Å². The van der Waals surface area contributed by atoms with Gasteiger partial charge in [0.1, 0.15) is 6.61 Å². The molecule has 0 spiro atoms. The number of esters is 1. The lowest BCUT2D eigenvalue weighted by Crippen LogP contribution is -2.25. The van der Waals surface area contributed by atoms with Crippen LogP contribution in [0.1, 0.15) is 6.92 Å². The van der Waals surface area contributed by atoms with Gasteiger partial charge in [0, 0.05) is 13.7 Å². The molecule has 0 saturated carbocycles. The van der Waals surface area contributed by atoms with Gasteiger partial charge in [-0.05, 0) is 6.92 Å². The van der Waals surface area contributed by atoms with Crippen LogP contribution < -0.4 is 0 Å². The summed E-state index contributed by atoms with van der Waals surface area (Å²) in [5, 5.41) is 0. The summed E-state index contributed by atoms with van der Waals surface area (Å²) < 4.78 is 15.1. The molecule has 0 N–H and O–H groups in total. The summed E-state index contributed by atoms with van der Waals surface area (Å²) in [6.45, 7) is 6.12. The lowest BCUT2D eigenvalue weighted by Gasteiger charge is -2.11. The van der Waals surface area contributed by atoms with E-state index in [1.807, 2.05) is 6.92 Å². The number of rotatable bonds is 7. The topological polar surface area (TPSA) is 44.8 Å². The second kappa shape index (κ2) is 7.97. The van der Waals surface area contributed by atoms with Gasteiger partial charge < -0.3 is 13.6 Å². The van der Waals surface area contributed by atoms with Crippen LogP contribution in [0.2, 0.25) is 6.04 Å². The average Bonchev–Trinajstić information content (AvgIpc) is 2.14. The molecule has 0 aliphatic rings. The van der Waals surface area contributed by atoms with E-state index in [2.05, 4.69) is 6.58 Å². The normalized spacial score (nSPS) is 12.2. The van der Waals surface area contributed by atoms with E-state index in [0.29, 0.717) is 6.61 Å². The molecular weight excluding hydrogens is 188 g/mol. The third-order valence-electron chi connectivity index (χ3n) is 1.31. The molecule has 0 saturated heterocycles. The molecule has 1 atom stereocenters. The predicted octanol–water partition coefficient (Wildman–Crippen LogP) is 0.619. The molecule has 0 radical (unpaired) electrons. The minimum absolute atomic E-state index is 0.246. The van der Waals surface area contributed by atoms with Crippen molar-refractivity contribution < 1.29 is 18.4 Å². The summed E-state index contributed by atoms with van der Waals surface area (Å²) in [6, 6.07) is 0.248. The van der Waals surface area contributed by atoms with Crippen molar-refractivity contribution in [1.82, 2.24) is 0 Å². The maximum Gasteiger partial charge on any atom is 0.332 e. The Labute approximate surface area is 80.3 Å². The average molecular weight is 204 g/mol. The second-order valence-electron chi connectivity index (χ2n) is 2.30. The monoisotopic (exact) mass is 204 g/mol. The minimum Gasteiger partial charge on any atom is -0.462 e. The lowest BCUT2D eigenvalue weighted by molar-refractivity contribution is -0.140. The lowest BCUT2D eigenvalue weighted by atomic mass is 10.7. The third kappa shape index (κ3) is 6.50. The smallest absolute Gasteiger partial charge is 0.332 e. The van der Waals surface area contributed by atoms with Crippen molar-refractivity contribution in [2.75, 3.05) is 20.3 Å². The summed E-state index contributed by atoms with van der Waals surface area (Å²) >= 11 is 0. The molecule has 0 heterocycles. The van der Waals surface area contributed by atoms with Crippen LogP contribution in [0.5, 0.6) is 0 Å². The SMILES string of the molecule is C=CCOC(=O)C[SiH](OC)OCC. The summed E-state index contributed by atoms with van der Waals surface area (Å²) in [5.74, 6) is -0.285. The van der Waals surface area contributed by atoms with E-state index >= 15 is 0 Å². The molecule has 76 valence electrons. The van der Waals surface area contributed by atoms with Crippen molar-refractivity contribution in [3.63, 3.8) is 0 Å². The van der Waals surface area contributed by atoms with E-state index in [1.54, 1.807) is 7.11 Å². The molecule has 0 rings (SSSR count). The Hall–Kier alpha value is -0.653. The van der Waals surface area contributed by atoms with E-state index in [0.717, 1.165) is 0 Å². The molecule has 0 amide bonds. The van der Waals surface area contributed by atoms with Gasteiger partial charge in [0.15, 0.2) is 0 Å². The largest absolute Gasteiger partial charge is 0.462 e. The first-order valence-electron chi connectivity index (χ1n) is 4.15. The van der Waals surface area contributed by atoms with Gasteiger partial charge in [-0.15, -0.1) is 0 Å². The van der Waals surface area contributed by atoms with Crippen LogP contribution in [-0.4, -0.2) is 35.6 Å². The molecule has 0 aliphatic heterocycles. The Bertz CT molecular complexity index is 160. The van der Waals surface area contributed by atoms with Gasteiger partial charge in [-0.1, -0.05) is 12.7 Å². The van der Waals surface area contributed by atoms with Crippen molar-refractivity contribution in [2.24, 2.45) is 0 Å². The number of carbonyl (C=O) groups excluding carboxylic acids is 1. The molecule has 0 aromatic carbocycles. The zero-order chi connectivity index (χ0) is 10.1. The highest BCUT2D eigenvalue weighted by Crippen LogP contribution is 1.98. The second-order valence-corrected chi connectivity index (χ2v) is 4.37. The maximum absolute atomic E-state index is 11.1. The molecule has 5 heteroatoms. The van der Waals surface area contributed by atoms with Crippen molar-refractivity contribution in [3.05, 3.63) is 12.7 Å². The van der Waals surface area contributed by atoms with Crippen LogP contribution >= 0.6 is 0 Å². The molecule has 0 aromatic rings. The Kier molecular flexibility index (Phi) is 7.57. The molecule has 4 nitrogen and oxygen atoms in total. The number of hydrogen-bond acceptors (Lipinski definition) is 4. The van der Waals surface area contributed by atoms with Gasteiger partial charge >= 0.3 is 15.3 Å². The molecular formula is C8H16O4Si. The van der Waals surface area contributed by atoms with Gasteiger partial charge in [-0.3, -0.25) is 4.79 Å². The van der Waals surface area contributed by atoms with E-state index in [-0.39, 0.29) is 18.6 Å². The fourth-order valence-electron chi connectivity index (χ4n) is 0.743. The van der Waals surface area contributed by atoms with Crippen LogP contribution in [-0.2, 0) is 18.4 Å². The highest BCUT2D eigenvalue weighted by Gasteiger charge is 2.16. The van der Waals surface area contributed by atoms with Crippen LogP contribution in [0.25, 0.3) is 0 Å². The van der Waals surface area contributed by atoms with Crippen LogP contribution in [0.4, 0.5) is 0 Å². The predicted molar refractivity (Wildman–Crippen MR) is 51.7 cm³/mol. The highest BCUT2D eigenvalue weighted by atomic mass is 28.3. The maximum atomic E-state index is 11.1. The van der Waals surface area contributed by atoms with Crippen molar-refractivity contribution in [2.45, 2.75) is 13.0 Å². The van der Waals surface area contributed by atoms with E-state index < -0.39 is 9.28 Å². The van der Waals surface area contributed by atoms with Crippen molar-refractivity contribution in [1.29, 1.82) is 0 Å². The first-order chi connectivity index (χ1) is 6.24. The Balaban J connectivity index is 3.65. The quantitative estimate of drug-likeness (QED) is 0.346. The highest BCUT2D eigenvalue weighted by molar-refractivity contribution is 6.48. The van der Waals surface area contributed by atoms with Gasteiger partial charge in [0.2, 0.25) is 0 Å². The van der Waals surface area contributed by atoms with Crippen molar-refractivity contribution in [3.8, 4) is 0 Å². The third-order valence-corrected chi connectivity index (χ3v) is 3.21. The summed E-state index contributed by atoms with van der Waals surface area (Å²) in [7, 11) is -0.273. The molecule has 0 aromatic heterocycles. The summed E-state index contributed by atoms with van der Waals surface area (Å²) in [5.41, 5.74) is 0. The Morgan fingerprint density at radius 3 is 2.77 bits per heavy atom. The van der Waals surface area contributed by atoms with Crippen molar-refractivity contribution >= 4 is 15.3 Å². The molecule has 0 bridgehead atoms. The molecule has 0 aliphatic carbocycles. The number of carbonyl (C=O) groups is 1. The summed E-state index contributed by atoms with van der Waals surface area (Å²) in [6.07, 6.45) is 1.53. The summed E-state index contributed by atoms with van der Waals surface area (Å²) in [4.78, 5) is 11.1. The fraction of sp³-hybridized carbons (Fsp3) is 0.625. The standard InChI is InChI=1S/C8H16O4Si/c1-4-6-11-8(9)7-13(10-3)12-5-2/h4,13H,1,5-7H2,2-3H3.